The topological polar surface area (TPSA) is 0 Å². The summed E-state index contributed by atoms with van der Waals surface area (Å²) < 4.78 is 1.22. The molecule has 0 aromatic carbocycles. The second kappa shape index (κ2) is 7.24. The van der Waals surface area contributed by atoms with Crippen molar-refractivity contribution in [1.82, 2.24) is 0 Å². The summed E-state index contributed by atoms with van der Waals surface area (Å²) in [6, 6.07) is 0. The van der Waals surface area contributed by atoms with Crippen LogP contribution in [0.2, 0.25) is 0 Å². The second-order valence-corrected chi connectivity index (χ2v) is 6.20. The van der Waals surface area contributed by atoms with Crippen LogP contribution in [0.25, 0.3) is 0 Å². The molecule has 0 amide bonds. The van der Waals surface area contributed by atoms with Crippen LogP contribution in [-0.4, -0.2) is 8.94 Å². The number of hydrogen-bond donors (Lipinski definition) is 0. The van der Waals surface area contributed by atoms with Crippen LogP contribution in [0.1, 0.15) is 40.0 Å². The molecule has 0 aliphatic rings. The number of hydrogen-bond acceptors (Lipinski definition) is 2. The maximum Gasteiger partial charge on any atom is 0.0484 e. The van der Waals surface area contributed by atoms with Crippen LogP contribution in [0.5, 0.6) is 0 Å². The summed E-state index contributed by atoms with van der Waals surface area (Å²) in [6.07, 6.45) is 9.50. The van der Waals surface area contributed by atoms with Crippen molar-refractivity contribution >= 4 is 28.2 Å². The molecule has 0 aliphatic carbocycles. The van der Waals surface area contributed by atoms with E-state index in [-0.39, 0.29) is 4.75 Å². The minimum atomic E-state index is 0.133. The predicted molar refractivity (Wildman–Crippen MR) is 73.1 cm³/mol. The van der Waals surface area contributed by atoms with Gasteiger partial charge in [-0.1, -0.05) is 37.4 Å². The maximum atomic E-state index is 5.22. The lowest BCUT2D eigenvalue weighted by Crippen LogP contribution is -2.12. The molecule has 0 radical (unpaired) electrons. The molecule has 0 saturated carbocycles. The van der Waals surface area contributed by atoms with Gasteiger partial charge in [0.1, 0.15) is 0 Å². The number of rotatable bonds is 6. The van der Waals surface area contributed by atoms with E-state index >= 15 is 0 Å². The molecule has 0 spiro atoms. The van der Waals surface area contributed by atoms with E-state index in [0.717, 1.165) is 23.5 Å². The third-order valence-electron chi connectivity index (χ3n) is 1.72. The summed E-state index contributed by atoms with van der Waals surface area (Å²) in [5, 5.41) is 0. The van der Waals surface area contributed by atoms with Gasteiger partial charge in [-0.15, -0.1) is 18.3 Å². The van der Waals surface area contributed by atoms with Crippen LogP contribution in [0.15, 0.2) is 24.8 Å². The van der Waals surface area contributed by atoms with E-state index < -0.39 is 0 Å². The first kappa shape index (κ1) is 13.9. The third kappa shape index (κ3) is 7.34. The fourth-order valence-corrected chi connectivity index (χ4v) is 2.52. The van der Waals surface area contributed by atoms with E-state index in [1.807, 2.05) is 6.08 Å². The Morgan fingerprint density at radius 3 is 2.57 bits per heavy atom. The van der Waals surface area contributed by atoms with E-state index in [9.17, 15) is 0 Å². The van der Waals surface area contributed by atoms with Gasteiger partial charge in [0.25, 0.3) is 0 Å². The van der Waals surface area contributed by atoms with E-state index in [2.05, 4.69) is 39.5 Å². The molecule has 0 unspecified atom stereocenters. The molecule has 0 aromatic rings. The van der Waals surface area contributed by atoms with Crippen LogP contribution >= 0.6 is 24.0 Å². The average Bonchev–Trinajstić information content (AvgIpc) is 2.12. The van der Waals surface area contributed by atoms with Gasteiger partial charge >= 0.3 is 0 Å². The summed E-state index contributed by atoms with van der Waals surface area (Å²) in [5.74, 6) is 0. The minimum absolute atomic E-state index is 0.133. The van der Waals surface area contributed by atoms with Crippen molar-refractivity contribution in [2.45, 2.75) is 44.8 Å². The Hall–Kier alpha value is -0.0800. The summed E-state index contributed by atoms with van der Waals surface area (Å²) in [6.45, 7) is 10.2. The minimum Gasteiger partial charge on any atom is -0.108 e. The predicted octanol–water partition coefficient (Wildman–Crippen LogP) is 4.76. The lowest BCUT2D eigenvalue weighted by Gasteiger charge is -2.19. The lowest BCUT2D eigenvalue weighted by molar-refractivity contribution is 0.891. The van der Waals surface area contributed by atoms with Crippen molar-refractivity contribution in [3.05, 3.63) is 24.8 Å². The van der Waals surface area contributed by atoms with Crippen molar-refractivity contribution in [3.63, 3.8) is 0 Å². The Labute approximate surface area is 97.9 Å². The largest absolute Gasteiger partial charge is 0.108 e. The van der Waals surface area contributed by atoms with Crippen LogP contribution in [0.3, 0.4) is 0 Å². The lowest BCUT2D eigenvalue weighted by atomic mass is 10.1. The highest BCUT2D eigenvalue weighted by Gasteiger charge is 2.15. The molecule has 0 N–H and O–H groups in total. The summed E-state index contributed by atoms with van der Waals surface area (Å²) >= 11 is 7.00. The van der Waals surface area contributed by atoms with E-state index in [4.69, 9.17) is 12.2 Å². The van der Waals surface area contributed by atoms with Crippen LogP contribution in [-0.2, 0) is 0 Å². The molecule has 80 valence electrons. The standard InChI is InChI=1S/C12H20S2/c1-5-7-8-9-10-12(3,4)14-11(13)6-2/h5,9-10H,1,6-8H2,2-4H3. The maximum absolute atomic E-state index is 5.22. The van der Waals surface area contributed by atoms with Gasteiger partial charge < -0.3 is 0 Å². The molecule has 14 heavy (non-hydrogen) atoms. The first-order chi connectivity index (χ1) is 6.52. The van der Waals surface area contributed by atoms with E-state index in [0.29, 0.717) is 0 Å². The summed E-state index contributed by atoms with van der Waals surface area (Å²) in [5.41, 5.74) is 0. The van der Waals surface area contributed by atoms with Crippen molar-refractivity contribution < 1.29 is 0 Å². The first-order valence-corrected chi connectivity index (χ1v) is 6.24. The molecule has 0 nitrogen and oxygen atoms in total. The van der Waals surface area contributed by atoms with Gasteiger partial charge in [-0.2, -0.15) is 0 Å². The number of allylic oxidation sites excluding steroid dienone is 2. The monoisotopic (exact) mass is 228 g/mol. The molecule has 0 heterocycles. The molecule has 0 bridgehead atoms. The summed E-state index contributed by atoms with van der Waals surface area (Å²) in [7, 11) is 0. The normalized spacial score (nSPS) is 11.9. The SMILES string of the molecule is C=CCCC=CC(C)(C)SC(=S)CC. The zero-order chi connectivity index (χ0) is 11.0. The molecule has 0 saturated heterocycles. The van der Waals surface area contributed by atoms with E-state index in [1.165, 1.54) is 0 Å². The quantitative estimate of drug-likeness (QED) is 0.365. The van der Waals surface area contributed by atoms with Gasteiger partial charge in [-0.3, -0.25) is 0 Å². The Morgan fingerprint density at radius 1 is 1.43 bits per heavy atom. The van der Waals surface area contributed by atoms with Crippen LogP contribution in [0.4, 0.5) is 0 Å². The fraction of sp³-hybridized carbons (Fsp3) is 0.583. The van der Waals surface area contributed by atoms with E-state index in [1.54, 1.807) is 11.8 Å². The molecule has 0 atom stereocenters. The Balaban J connectivity index is 3.98. The zero-order valence-corrected chi connectivity index (χ0v) is 11.0. The molecule has 0 fully saturated rings. The Bertz CT molecular complexity index is 214. The van der Waals surface area contributed by atoms with Crippen molar-refractivity contribution in [2.75, 3.05) is 0 Å². The van der Waals surface area contributed by atoms with Gasteiger partial charge in [0, 0.05) is 8.94 Å². The molecule has 0 rings (SSSR count). The third-order valence-corrected chi connectivity index (χ3v) is 3.44. The fourth-order valence-electron chi connectivity index (χ4n) is 0.981. The highest BCUT2D eigenvalue weighted by molar-refractivity contribution is 8.24. The Morgan fingerprint density at radius 2 is 2.07 bits per heavy atom. The average molecular weight is 228 g/mol. The highest BCUT2D eigenvalue weighted by atomic mass is 32.2. The zero-order valence-electron chi connectivity index (χ0n) is 9.38. The van der Waals surface area contributed by atoms with Crippen molar-refractivity contribution in [2.24, 2.45) is 0 Å². The highest BCUT2D eigenvalue weighted by Crippen LogP contribution is 2.28. The van der Waals surface area contributed by atoms with Crippen LogP contribution < -0.4 is 0 Å². The van der Waals surface area contributed by atoms with Gasteiger partial charge in [0.2, 0.25) is 0 Å². The van der Waals surface area contributed by atoms with Crippen LogP contribution in [0, 0.1) is 0 Å². The number of unbranched alkanes of at least 4 members (excludes halogenated alkanes) is 1. The molecule has 0 aromatic heterocycles. The van der Waals surface area contributed by atoms with Gasteiger partial charge in [0.05, 0.1) is 0 Å². The first-order valence-electron chi connectivity index (χ1n) is 5.02. The molecule has 0 aliphatic heterocycles. The summed E-state index contributed by atoms with van der Waals surface area (Å²) in [4.78, 5) is 0. The van der Waals surface area contributed by atoms with Gasteiger partial charge in [0.15, 0.2) is 0 Å². The number of thiocarbonyl (C=S) groups is 1. The van der Waals surface area contributed by atoms with Gasteiger partial charge in [-0.05, 0) is 33.1 Å². The second-order valence-electron chi connectivity index (χ2n) is 3.70. The molecular weight excluding hydrogens is 208 g/mol. The smallest absolute Gasteiger partial charge is 0.0484 e. The van der Waals surface area contributed by atoms with Gasteiger partial charge in [-0.25, -0.2) is 0 Å². The number of thioether (sulfide) groups is 1. The molecular formula is C12H20S2. The molecule has 2 heteroatoms. The Kier molecular flexibility index (Phi) is 7.20. The van der Waals surface area contributed by atoms with Crippen molar-refractivity contribution in [1.29, 1.82) is 0 Å². The van der Waals surface area contributed by atoms with Crippen molar-refractivity contribution in [3.8, 4) is 0 Å².